The van der Waals surface area contributed by atoms with Gasteiger partial charge in [0, 0.05) is 6.20 Å². The third-order valence-electron chi connectivity index (χ3n) is 2.74. The van der Waals surface area contributed by atoms with Crippen molar-refractivity contribution in [1.29, 1.82) is 0 Å². The molecule has 3 rings (SSSR count). The highest BCUT2D eigenvalue weighted by Crippen LogP contribution is 2.14. The summed E-state index contributed by atoms with van der Waals surface area (Å²) in [5, 5.41) is 16.9. The Morgan fingerprint density at radius 1 is 1.32 bits per heavy atom. The van der Waals surface area contributed by atoms with E-state index in [9.17, 15) is 4.79 Å². The van der Waals surface area contributed by atoms with Gasteiger partial charge in [-0.1, -0.05) is 17.3 Å². The van der Waals surface area contributed by atoms with Crippen LogP contribution in [0.2, 0.25) is 0 Å². The van der Waals surface area contributed by atoms with Gasteiger partial charge in [0.25, 0.3) is 5.95 Å². The van der Waals surface area contributed by atoms with E-state index < -0.39 is 5.97 Å². The number of nitrogens with zero attached hydrogens (tertiary/aromatic N) is 5. The highest BCUT2D eigenvalue weighted by atomic mass is 16.4. The van der Waals surface area contributed by atoms with Crippen molar-refractivity contribution in [2.24, 2.45) is 0 Å². The molecule has 2 aromatic heterocycles. The Bertz CT molecular complexity index is 781. The van der Waals surface area contributed by atoms with Gasteiger partial charge in [0.2, 0.25) is 0 Å². The van der Waals surface area contributed by atoms with Crippen LogP contribution < -0.4 is 0 Å². The summed E-state index contributed by atoms with van der Waals surface area (Å²) < 4.78 is 1.48. The molecule has 0 aliphatic carbocycles. The second kappa shape index (κ2) is 4.13. The number of carboxylic acid groups (broad SMARTS) is 1. The molecule has 0 spiro atoms. The van der Waals surface area contributed by atoms with Gasteiger partial charge < -0.3 is 5.11 Å². The van der Waals surface area contributed by atoms with Crippen molar-refractivity contribution < 1.29 is 9.90 Å². The highest BCUT2D eigenvalue weighted by molar-refractivity contribution is 5.88. The van der Waals surface area contributed by atoms with Crippen molar-refractivity contribution in [2.45, 2.75) is 6.92 Å². The van der Waals surface area contributed by atoms with Gasteiger partial charge >= 0.3 is 5.97 Å². The maximum absolute atomic E-state index is 10.9. The van der Waals surface area contributed by atoms with Crippen LogP contribution in [0.25, 0.3) is 17.0 Å². The average Bonchev–Trinajstić information content (AvgIpc) is 2.82. The first kappa shape index (κ1) is 11.3. The average molecular weight is 255 g/mol. The Labute approximate surface area is 107 Å². The molecule has 0 saturated carbocycles. The molecular formula is C12H9N5O2. The molecule has 1 N–H and O–H groups in total. The summed E-state index contributed by atoms with van der Waals surface area (Å²) in [7, 11) is 0. The van der Waals surface area contributed by atoms with E-state index in [2.05, 4.69) is 20.3 Å². The Morgan fingerprint density at radius 3 is 2.84 bits per heavy atom. The molecule has 7 nitrogen and oxygen atoms in total. The minimum absolute atomic E-state index is 0.0770. The van der Waals surface area contributed by atoms with Crippen LogP contribution in [-0.2, 0) is 0 Å². The second-order valence-electron chi connectivity index (χ2n) is 3.96. The molecule has 0 saturated heterocycles. The summed E-state index contributed by atoms with van der Waals surface area (Å²) in [6.45, 7) is 1.62. The van der Waals surface area contributed by atoms with E-state index in [0.29, 0.717) is 11.6 Å². The molecule has 19 heavy (non-hydrogen) atoms. The van der Waals surface area contributed by atoms with Crippen LogP contribution in [0, 0.1) is 6.92 Å². The van der Waals surface area contributed by atoms with Crippen LogP contribution in [0.1, 0.15) is 16.1 Å². The number of carbonyl (C=O) groups is 1. The van der Waals surface area contributed by atoms with Crippen molar-refractivity contribution in [1.82, 2.24) is 25.0 Å². The Balaban J connectivity index is 2.17. The van der Waals surface area contributed by atoms with Crippen LogP contribution in [0.5, 0.6) is 0 Å². The number of aryl methyl sites for hydroxylation is 1. The van der Waals surface area contributed by atoms with Crippen molar-refractivity contribution >= 4 is 17.0 Å². The van der Waals surface area contributed by atoms with Crippen LogP contribution in [-0.4, -0.2) is 36.0 Å². The lowest BCUT2D eigenvalue weighted by molar-refractivity contribution is 0.0695. The van der Waals surface area contributed by atoms with Gasteiger partial charge in [0.05, 0.1) is 16.8 Å². The summed E-state index contributed by atoms with van der Waals surface area (Å²) in [5.74, 6) is -0.747. The van der Waals surface area contributed by atoms with Gasteiger partial charge in [0.15, 0.2) is 0 Å². The largest absolute Gasteiger partial charge is 0.478 e. The lowest BCUT2D eigenvalue weighted by atomic mass is 10.2. The fraction of sp³-hybridized carbons (Fsp3) is 0.0833. The van der Waals surface area contributed by atoms with E-state index in [1.807, 2.05) is 24.3 Å². The van der Waals surface area contributed by atoms with E-state index >= 15 is 0 Å². The molecular weight excluding hydrogens is 246 g/mol. The Kier molecular flexibility index (Phi) is 2.45. The molecule has 0 radical (unpaired) electrons. The predicted molar refractivity (Wildman–Crippen MR) is 66.2 cm³/mol. The zero-order valence-corrected chi connectivity index (χ0v) is 9.98. The summed E-state index contributed by atoms with van der Waals surface area (Å²) in [6.07, 6.45) is 1.27. The van der Waals surface area contributed by atoms with Crippen molar-refractivity contribution in [2.75, 3.05) is 0 Å². The van der Waals surface area contributed by atoms with Gasteiger partial charge in [-0.15, -0.1) is 5.10 Å². The molecule has 1 aromatic carbocycles. The number of hydrogen-bond acceptors (Lipinski definition) is 5. The predicted octanol–water partition coefficient (Wildman–Crippen LogP) is 1.22. The van der Waals surface area contributed by atoms with Crippen LogP contribution >= 0.6 is 0 Å². The maximum Gasteiger partial charge on any atom is 0.339 e. The number of rotatable bonds is 2. The number of fused-ring (bicyclic) bond motifs is 1. The van der Waals surface area contributed by atoms with E-state index in [-0.39, 0.29) is 5.56 Å². The number of aromatic carboxylic acids is 1. The van der Waals surface area contributed by atoms with E-state index in [1.54, 1.807) is 6.92 Å². The smallest absolute Gasteiger partial charge is 0.339 e. The minimum Gasteiger partial charge on any atom is -0.478 e. The first-order chi connectivity index (χ1) is 9.16. The number of para-hydroxylation sites is 1. The fourth-order valence-corrected chi connectivity index (χ4v) is 1.78. The molecule has 94 valence electrons. The van der Waals surface area contributed by atoms with Crippen LogP contribution in [0.3, 0.4) is 0 Å². The summed E-state index contributed by atoms with van der Waals surface area (Å²) in [5.41, 5.74) is 1.96. The monoisotopic (exact) mass is 255 g/mol. The summed E-state index contributed by atoms with van der Waals surface area (Å²) in [4.78, 5) is 19.1. The SMILES string of the molecule is Cc1nc(-n2nnc3ccccc32)ncc1C(=O)O. The van der Waals surface area contributed by atoms with E-state index in [1.165, 1.54) is 10.9 Å². The topological polar surface area (TPSA) is 93.8 Å². The van der Waals surface area contributed by atoms with Crippen LogP contribution in [0.15, 0.2) is 30.5 Å². The lowest BCUT2D eigenvalue weighted by Crippen LogP contribution is -2.09. The van der Waals surface area contributed by atoms with Gasteiger partial charge in [-0.2, -0.15) is 4.68 Å². The molecule has 2 heterocycles. The van der Waals surface area contributed by atoms with Crippen molar-refractivity contribution in [3.05, 3.63) is 41.7 Å². The first-order valence-corrected chi connectivity index (χ1v) is 5.54. The van der Waals surface area contributed by atoms with Gasteiger partial charge in [-0.05, 0) is 19.1 Å². The molecule has 0 atom stereocenters. The Morgan fingerprint density at radius 2 is 2.11 bits per heavy atom. The fourth-order valence-electron chi connectivity index (χ4n) is 1.78. The lowest BCUT2D eigenvalue weighted by Gasteiger charge is -2.03. The van der Waals surface area contributed by atoms with Gasteiger partial charge in [0.1, 0.15) is 5.52 Å². The van der Waals surface area contributed by atoms with Gasteiger partial charge in [-0.25, -0.2) is 14.8 Å². The summed E-state index contributed by atoms with van der Waals surface area (Å²) in [6, 6.07) is 7.40. The maximum atomic E-state index is 10.9. The number of benzene rings is 1. The quantitative estimate of drug-likeness (QED) is 0.739. The molecule has 0 amide bonds. The molecule has 0 unspecified atom stereocenters. The van der Waals surface area contributed by atoms with Crippen LogP contribution in [0.4, 0.5) is 0 Å². The number of aromatic nitrogens is 5. The number of carboxylic acids is 1. The minimum atomic E-state index is -1.05. The molecule has 3 aromatic rings. The molecule has 0 bridgehead atoms. The van der Waals surface area contributed by atoms with Crippen molar-refractivity contribution in [3.63, 3.8) is 0 Å². The molecule has 0 fully saturated rings. The normalized spacial score (nSPS) is 10.8. The van der Waals surface area contributed by atoms with E-state index in [4.69, 9.17) is 5.11 Å². The first-order valence-electron chi connectivity index (χ1n) is 5.54. The highest BCUT2D eigenvalue weighted by Gasteiger charge is 2.13. The van der Waals surface area contributed by atoms with Gasteiger partial charge in [-0.3, -0.25) is 0 Å². The third-order valence-corrected chi connectivity index (χ3v) is 2.74. The standard InChI is InChI=1S/C12H9N5O2/c1-7-8(11(18)19)6-13-12(14-7)17-10-5-3-2-4-9(10)15-16-17/h2-6H,1H3,(H,18,19). The molecule has 0 aliphatic heterocycles. The molecule has 0 aliphatic rings. The van der Waals surface area contributed by atoms with E-state index in [0.717, 1.165) is 11.0 Å². The molecule has 7 heteroatoms. The second-order valence-corrected chi connectivity index (χ2v) is 3.96. The third kappa shape index (κ3) is 1.81. The summed E-state index contributed by atoms with van der Waals surface area (Å²) >= 11 is 0. The number of hydrogen-bond donors (Lipinski definition) is 1. The Hall–Kier alpha value is -2.83. The van der Waals surface area contributed by atoms with Crippen molar-refractivity contribution in [3.8, 4) is 5.95 Å². The zero-order valence-electron chi connectivity index (χ0n) is 9.98. The zero-order chi connectivity index (χ0) is 13.4.